The highest BCUT2D eigenvalue weighted by atomic mass is 19.1. The van der Waals surface area contributed by atoms with Gasteiger partial charge in [0.2, 0.25) is 0 Å². The maximum absolute atomic E-state index is 14.3. The van der Waals surface area contributed by atoms with Gasteiger partial charge in [-0.3, -0.25) is 4.79 Å². The number of carbonyl (C=O) groups is 1. The van der Waals surface area contributed by atoms with Crippen LogP contribution in [0.25, 0.3) is 5.52 Å². The van der Waals surface area contributed by atoms with E-state index in [4.69, 9.17) is 5.11 Å². The number of pyridine rings is 1. The van der Waals surface area contributed by atoms with Crippen LogP contribution in [0.15, 0.2) is 42.7 Å². The molecule has 4 rings (SSSR count). The van der Waals surface area contributed by atoms with Crippen LogP contribution in [-0.2, 0) is 0 Å². The zero-order valence-electron chi connectivity index (χ0n) is 15.1. The normalized spacial score (nSPS) is 16.7. The first-order valence-corrected chi connectivity index (χ1v) is 9.16. The van der Waals surface area contributed by atoms with Crippen LogP contribution in [0.4, 0.5) is 14.5 Å². The predicted octanol–water partition coefficient (Wildman–Crippen LogP) is 2.68. The van der Waals surface area contributed by atoms with E-state index in [0.717, 1.165) is 24.2 Å². The van der Waals surface area contributed by atoms with E-state index in [0.29, 0.717) is 29.6 Å². The molecule has 1 aliphatic rings. The second-order valence-corrected chi connectivity index (χ2v) is 6.77. The largest absolute Gasteiger partial charge is 0.395 e. The van der Waals surface area contributed by atoms with E-state index in [1.165, 1.54) is 12.3 Å². The first-order valence-electron chi connectivity index (χ1n) is 9.16. The molecule has 0 radical (unpaired) electrons. The average Bonchev–Trinajstić information content (AvgIpc) is 3.34. The van der Waals surface area contributed by atoms with Crippen LogP contribution in [0.2, 0.25) is 0 Å². The molecule has 1 amide bonds. The van der Waals surface area contributed by atoms with Crippen molar-refractivity contribution in [2.45, 2.75) is 18.9 Å². The molecule has 1 saturated heterocycles. The van der Waals surface area contributed by atoms with E-state index in [1.807, 2.05) is 17.0 Å². The lowest BCUT2D eigenvalue weighted by Crippen LogP contribution is -2.26. The van der Waals surface area contributed by atoms with Gasteiger partial charge in [0.25, 0.3) is 5.91 Å². The van der Waals surface area contributed by atoms with Crippen molar-refractivity contribution in [3.05, 3.63) is 65.5 Å². The van der Waals surface area contributed by atoms with Gasteiger partial charge in [0.15, 0.2) is 0 Å². The highest BCUT2D eigenvalue weighted by Crippen LogP contribution is 2.38. The number of nitrogens with zero attached hydrogens (tertiary/aromatic N) is 3. The van der Waals surface area contributed by atoms with E-state index < -0.39 is 11.6 Å². The van der Waals surface area contributed by atoms with Crippen molar-refractivity contribution < 1.29 is 18.7 Å². The van der Waals surface area contributed by atoms with E-state index in [-0.39, 0.29) is 25.1 Å². The Kier molecular flexibility index (Phi) is 4.95. The molecule has 1 aliphatic heterocycles. The Balaban J connectivity index is 1.70. The van der Waals surface area contributed by atoms with Gasteiger partial charge in [0, 0.05) is 30.5 Å². The minimum atomic E-state index is -0.461. The number of hydrogen-bond acceptors (Lipinski definition) is 4. The molecule has 1 fully saturated rings. The standard InChI is InChI=1S/C20H20F2N4O2/c21-13-3-4-17(22)15(10-13)18-2-1-7-25(18)14-5-8-26-19(11-14)16(12-24-26)20(28)23-6-9-27/h3-5,8,10-12,18,27H,1-2,6-7,9H2,(H,23,28)/t18-/m1/s1. The summed E-state index contributed by atoms with van der Waals surface area (Å²) >= 11 is 0. The molecule has 0 saturated carbocycles. The Morgan fingerprint density at radius 2 is 2.14 bits per heavy atom. The van der Waals surface area contributed by atoms with Crippen LogP contribution in [-0.4, -0.2) is 40.3 Å². The number of aromatic nitrogens is 2. The number of nitrogens with one attached hydrogen (secondary N) is 1. The number of rotatable bonds is 5. The van der Waals surface area contributed by atoms with E-state index >= 15 is 0 Å². The number of benzene rings is 1. The van der Waals surface area contributed by atoms with Crippen LogP contribution < -0.4 is 10.2 Å². The number of fused-ring (bicyclic) bond motifs is 1. The van der Waals surface area contributed by atoms with Gasteiger partial charge in [-0.1, -0.05) is 0 Å². The fourth-order valence-corrected chi connectivity index (χ4v) is 3.76. The van der Waals surface area contributed by atoms with Gasteiger partial charge in [0.05, 0.1) is 29.9 Å². The Morgan fingerprint density at radius 3 is 2.96 bits per heavy atom. The number of halogens is 2. The highest BCUT2D eigenvalue weighted by molar-refractivity contribution is 6.01. The molecule has 3 heterocycles. The summed E-state index contributed by atoms with van der Waals surface area (Å²) in [7, 11) is 0. The molecule has 0 spiro atoms. The summed E-state index contributed by atoms with van der Waals surface area (Å²) in [4.78, 5) is 14.3. The predicted molar refractivity (Wildman–Crippen MR) is 100 cm³/mol. The summed E-state index contributed by atoms with van der Waals surface area (Å²) in [6.45, 7) is 0.713. The minimum Gasteiger partial charge on any atom is -0.395 e. The topological polar surface area (TPSA) is 69.9 Å². The van der Waals surface area contributed by atoms with E-state index in [1.54, 1.807) is 10.7 Å². The van der Waals surface area contributed by atoms with Gasteiger partial charge in [-0.15, -0.1) is 0 Å². The van der Waals surface area contributed by atoms with Crippen molar-refractivity contribution in [1.29, 1.82) is 0 Å². The maximum atomic E-state index is 14.3. The summed E-state index contributed by atoms with van der Waals surface area (Å²) in [6, 6.07) is 6.94. The van der Waals surface area contributed by atoms with Crippen LogP contribution >= 0.6 is 0 Å². The van der Waals surface area contributed by atoms with Crippen molar-refractivity contribution in [2.24, 2.45) is 0 Å². The Hall–Kier alpha value is -3.00. The third-order valence-electron chi connectivity index (χ3n) is 5.05. The lowest BCUT2D eigenvalue weighted by Gasteiger charge is -2.27. The molecule has 2 N–H and O–H groups in total. The van der Waals surface area contributed by atoms with Gasteiger partial charge in [-0.2, -0.15) is 5.10 Å². The molecular formula is C20H20F2N4O2. The maximum Gasteiger partial charge on any atom is 0.255 e. The van der Waals surface area contributed by atoms with Gasteiger partial charge in [-0.05, 0) is 43.2 Å². The second-order valence-electron chi connectivity index (χ2n) is 6.77. The molecule has 6 nitrogen and oxygen atoms in total. The summed E-state index contributed by atoms with van der Waals surface area (Å²) in [5, 5.41) is 15.7. The zero-order valence-corrected chi connectivity index (χ0v) is 15.1. The number of aliphatic hydroxyl groups excluding tert-OH is 1. The monoisotopic (exact) mass is 386 g/mol. The average molecular weight is 386 g/mol. The smallest absolute Gasteiger partial charge is 0.255 e. The molecule has 146 valence electrons. The number of anilines is 1. The van der Waals surface area contributed by atoms with Crippen LogP contribution in [0.3, 0.4) is 0 Å². The second kappa shape index (κ2) is 7.55. The van der Waals surface area contributed by atoms with Gasteiger partial charge < -0.3 is 15.3 Å². The highest BCUT2D eigenvalue weighted by Gasteiger charge is 2.29. The molecular weight excluding hydrogens is 366 g/mol. The van der Waals surface area contributed by atoms with Crippen molar-refractivity contribution in [2.75, 3.05) is 24.6 Å². The van der Waals surface area contributed by atoms with Crippen LogP contribution in [0.5, 0.6) is 0 Å². The summed E-state index contributed by atoms with van der Waals surface area (Å²) < 4.78 is 29.6. The Bertz CT molecular complexity index is 1020. The number of hydrogen-bond donors (Lipinski definition) is 2. The van der Waals surface area contributed by atoms with Crippen LogP contribution in [0.1, 0.15) is 34.8 Å². The molecule has 1 aromatic carbocycles. The molecule has 0 bridgehead atoms. The number of amides is 1. The first-order chi connectivity index (χ1) is 13.6. The molecule has 3 aromatic rings. The quantitative estimate of drug-likeness (QED) is 0.707. The molecule has 2 aromatic heterocycles. The SMILES string of the molecule is O=C(NCCO)c1cnn2ccc(N3CCC[C@@H]3c3cc(F)ccc3F)cc12. The van der Waals surface area contributed by atoms with E-state index in [9.17, 15) is 13.6 Å². The molecule has 0 unspecified atom stereocenters. The first kappa shape index (κ1) is 18.4. The summed E-state index contributed by atoms with van der Waals surface area (Å²) in [5.74, 6) is -1.21. The van der Waals surface area contributed by atoms with Gasteiger partial charge in [-0.25, -0.2) is 13.3 Å². The van der Waals surface area contributed by atoms with Gasteiger partial charge in [0.1, 0.15) is 11.6 Å². The third-order valence-corrected chi connectivity index (χ3v) is 5.05. The lowest BCUT2D eigenvalue weighted by atomic mass is 10.0. The van der Waals surface area contributed by atoms with Crippen molar-refractivity contribution >= 4 is 17.1 Å². The zero-order chi connectivity index (χ0) is 19.7. The summed E-state index contributed by atoms with van der Waals surface area (Å²) in [5.41, 5.74) is 2.16. The number of carbonyl (C=O) groups excluding carboxylic acids is 1. The lowest BCUT2D eigenvalue weighted by molar-refractivity contribution is 0.0946. The van der Waals surface area contributed by atoms with Crippen molar-refractivity contribution in [3.63, 3.8) is 0 Å². The van der Waals surface area contributed by atoms with Gasteiger partial charge >= 0.3 is 0 Å². The molecule has 1 atom stereocenters. The Labute approximate surface area is 160 Å². The van der Waals surface area contributed by atoms with E-state index in [2.05, 4.69) is 10.4 Å². The Morgan fingerprint density at radius 1 is 1.29 bits per heavy atom. The van der Waals surface area contributed by atoms with Crippen LogP contribution in [0, 0.1) is 11.6 Å². The van der Waals surface area contributed by atoms with Crippen molar-refractivity contribution in [1.82, 2.24) is 14.9 Å². The number of aliphatic hydroxyl groups is 1. The van der Waals surface area contributed by atoms with Crippen molar-refractivity contribution in [3.8, 4) is 0 Å². The summed E-state index contributed by atoms with van der Waals surface area (Å²) in [6.07, 6.45) is 4.79. The third kappa shape index (κ3) is 3.31. The minimum absolute atomic E-state index is 0.148. The molecule has 28 heavy (non-hydrogen) atoms. The fraction of sp³-hybridized carbons (Fsp3) is 0.300. The fourth-order valence-electron chi connectivity index (χ4n) is 3.76. The molecule has 8 heteroatoms. The molecule has 0 aliphatic carbocycles.